The van der Waals surface area contributed by atoms with Crippen molar-refractivity contribution in [1.82, 2.24) is 19.8 Å². The molecule has 1 aromatic carbocycles. The van der Waals surface area contributed by atoms with Gasteiger partial charge in [-0.05, 0) is 19.7 Å². The molecule has 0 fully saturated rings. The zero-order valence-corrected chi connectivity index (χ0v) is 17.7. The summed E-state index contributed by atoms with van der Waals surface area (Å²) in [6, 6.07) is 9.80. The first-order valence-electron chi connectivity index (χ1n) is 9.08. The van der Waals surface area contributed by atoms with Crippen LogP contribution in [0.25, 0.3) is 0 Å². The summed E-state index contributed by atoms with van der Waals surface area (Å²) in [7, 11) is 7.17. The maximum Gasteiger partial charge on any atom is 0.257 e. The van der Waals surface area contributed by atoms with Crippen LogP contribution in [0.3, 0.4) is 0 Å². The van der Waals surface area contributed by atoms with Crippen molar-refractivity contribution in [2.24, 2.45) is 7.05 Å². The Balaban J connectivity index is 2.15. The van der Waals surface area contributed by atoms with E-state index in [1.54, 1.807) is 14.2 Å². The van der Waals surface area contributed by atoms with E-state index in [9.17, 15) is 9.59 Å². The van der Waals surface area contributed by atoms with Crippen LogP contribution >= 0.6 is 11.8 Å². The van der Waals surface area contributed by atoms with Crippen molar-refractivity contribution >= 4 is 17.7 Å². The van der Waals surface area contributed by atoms with Crippen molar-refractivity contribution in [3.8, 4) is 0 Å². The van der Waals surface area contributed by atoms with Gasteiger partial charge in [0.15, 0.2) is 5.16 Å². The average Bonchev–Trinajstić information content (AvgIpc) is 2.67. The zero-order valence-electron chi connectivity index (χ0n) is 16.9. The fourth-order valence-electron chi connectivity index (χ4n) is 2.63. The third-order valence-corrected chi connectivity index (χ3v) is 5.18. The second-order valence-corrected chi connectivity index (χ2v) is 7.66. The van der Waals surface area contributed by atoms with Crippen LogP contribution < -0.4 is 10.9 Å². The van der Waals surface area contributed by atoms with Gasteiger partial charge in [0, 0.05) is 39.2 Å². The lowest BCUT2D eigenvalue weighted by atomic mass is 10.0. The Hall–Kier alpha value is -2.16. The highest BCUT2D eigenvalue weighted by Gasteiger charge is 2.16. The Morgan fingerprint density at radius 2 is 2.00 bits per heavy atom. The van der Waals surface area contributed by atoms with Gasteiger partial charge in [-0.2, -0.15) is 0 Å². The van der Waals surface area contributed by atoms with Gasteiger partial charge in [0.2, 0.25) is 5.91 Å². The van der Waals surface area contributed by atoms with E-state index in [-0.39, 0.29) is 23.8 Å². The first-order chi connectivity index (χ1) is 13.4. The molecule has 2 rings (SSSR count). The van der Waals surface area contributed by atoms with Crippen molar-refractivity contribution in [2.45, 2.75) is 18.2 Å². The largest absolute Gasteiger partial charge is 0.378 e. The van der Waals surface area contributed by atoms with Crippen molar-refractivity contribution < 1.29 is 9.53 Å². The van der Waals surface area contributed by atoms with Gasteiger partial charge in [0.1, 0.15) is 0 Å². The van der Waals surface area contributed by atoms with Crippen LogP contribution in [0.15, 0.2) is 40.3 Å². The third-order valence-electron chi connectivity index (χ3n) is 4.15. The minimum absolute atomic E-state index is 0.0808. The molecule has 28 heavy (non-hydrogen) atoms. The summed E-state index contributed by atoms with van der Waals surface area (Å²) >= 11 is 1.25. The number of benzene rings is 1. The van der Waals surface area contributed by atoms with Gasteiger partial charge in [-0.15, -0.1) is 0 Å². The summed E-state index contributed by atoms with van der Waals surface area (Å²) in [5.74, 6) is 0.126. The van der Waals surface area contributed by atoms with Gasteiger partial charge in [0.05, 0.1) is 18.1 Å². The first-order valence-corrected chi connectivity index (χ1v) is 10.1. The summed E-state index contributed by atoms with van der Waals surface area (Å²) < 4.78 is 6.76. The highest BCUT2D eigenvalue weighted by atomic mass is 32.2. The maximum atomic E-state index is 12.9. The molecule has 0 bridgehead atoms. The summed E-state index contributed by atoms with van der Waals surface area (Å²) in [6.45, 7) is 1.61. The van der Waals surface area contributed by atoms with E-state index < -0.39 is 0 Å². The quantitative estimate of drug-likeness (QED) is 0.475. The van der Waals surface area contributed by atoms with Crippen molar-refractivity contribution in [2.75, 3.05) is 40.0 Å². The number of carbonyl (C=O) groups is 1. The number of likely N-dealkylation sites (N-methyl/N-ethyl adjacent to an activating group) is 1. The normalized spacial score (nSPS) is 11.0. The van der Waals surface area contributed by atoms with E-state index in [1.807, 2.05) is 49.3 Å². The Morgan fingerprint density at radius 1 is 1.29 bits per heavy atom. The molecule has 1 N–H and O–H groups in total. The Labute approximate surface area is 170 Å². The number of methoxy groups -OCH3 is 1. The number of hydrogen-bond donors (Lipinski definition) is 1. The van der Waals surface area contributed by atoms with E-state index in [0.29, 0.717) is 29.4 Å². The molecule has 0 saturated heterocycles. The number of ether oxygens (including phenoxy) is 1. The van der Waals surface area contributed by atoms with Crippen LogP contribution in [0.4, 0.5) is 0 Å². The number of thioether (sulfide) groups is 1. The van der Waals surface area contributed by atoms with Crippen LogP contribution in [0.5, 0.6) is 0 Å². The summed E-state index contributed by atoms with van der Waals surface area (Å²) in [6.07, 6.45) is 0.495. The molecule has 0 atom stereocenters. The monoisotopic (exact) mass is 404 g/mol. The summed E-state index contributed by atoms with van der Waals surface area (Å²) in [5, 5.41) is 3.37. The van der Waals surface area contributed by atoms with Gasteiger partial charge < -0.3 is 15.0 Å². The molecule has 152 valence electrons. The molecule has 1 heterocycles. The minimum atomic E-state index is -0.110. The number of nitrogens with one attached hydrogen (secondary N) is 1. The highest BCUT2D eigenvalue weighted by molar-refractivity contribution is 7.99. The Morgan fingerprint density at radius 3 is 2.64 bits per heavy atom. The first kappa shape index (κ1) is 22.1. The fourth-order valence-corrected chi connectivity index (χ4v) is 3.45. The Kier molecular flexibility index (Phi) is 8.69. The molecule has 2 aromatic rings. The van der Waals surface area contributed by atoms with Crippen molar-refractivity contribution in [3.05, 3.63) is 57.5 Å². The van der Waals surface area contributed by atoms with Gasteiger partial charge in [-0.25, -0.2) is 4.98 Å². The lowest BCUT2D eigenvalue weighted by Gasteiger charge is -2.14. The average molecular weight is 405 g/mol. The number of nitrogens with zero attached hydrogens (tertiary/aromatic N) is 3. The lowest BCUT2D eigenvalue weighted by molar-refractivity contribution is -0.118. The smallest absolute Gasteiger partial charge is 0.257 e. The highest BCUT2D eigenvalue weighted by Crippen LogP contribution is 2.17. The second-order valence-electron chi connectivity index (χ2n) is 6.72. The standard InChI is InChI=1S/C20H28N4O3S/c1-23(2)11-10-21-18(25)14-28-20-22-17(13-27-4)16(19(26)24(20)3)12-15-8-6-5-7-9-15/h5-9H,10-14H2,1-4H3,(H,21,25). The SMILES string of the molecule is COCc1nc(SCC(=O)NCCN(C)C)n(C)c(=O)c1Cc1ccccc1. The van der Waals surface area contributed by atoms with Crippen molar-refractivity contribution in [1.29, 1.82) is 0 Å². The molecule has 0 radical (unpaired) electrons. The summed E-state index contributed by atoms with van der Waals surface area (Å²) in [4.78, 5) is 31.6. The molecule has 7 nitrogen and oxygen atoms in total. The minimum Gasteiger partial charge on any atom is -0.378 e. The number of amides is 1. The molecular formula is C20H28N4O3S. The predicted molar refractivity (Wildman–Crippen MR) is 112 cm³/mol. The molecular weight excluding hydrogens is 376 g/mol. The predicted octanol–water partition coefficient (Wildman–Crippen LogP) is 1.29. The van der Waals surface area contributed by atoms with Crippen LogP contribution in [-0.4, -0.2) is 60.4 Å². The van der Waals surface area contributed by atoms with Crippen LogP contribution in [0, 0.1) is 0 Å². The van der Waals surface area contributed by atoms with Crippen LogP contribution in [0.2, 0.25) is 0 Å². The molecule has 0 aliphatic heterocycles. The van der Waals surface area contributed by atoms with Crippen molar-refractivity contribution in [3.63, 3.8) is 0 Å². The number of aromatic nitrogens is 2. The molecule has 0 spiro atoms. The van der Waals surface area contributed by atoms with E-state index >= 15 is 0 Å². The Bertz CT molecular complexity index is 837. The molecule has 1 aromatic heterocycles. The summed E-state index contributed by atoms with van der Waals surface area (Å²) in [5.41, 5.74) is 2.17. The lowest BCUT2D eigenvalue weighted by Crippen LogP contribution is -2.33. The number of carbonyl (C=O) groups excluding carboxylic acids is 1. The number of rotatable bonds is 10. The molecule has 0 unspecified atom stereocenters. The van der Waals surface area contributed by atoms with E-state index in [2.05, 4.69) is 10.3 Å². The fraction of sp³-hybridized carbons (Fsp3) is 0.450. The van der Waals surface area contributed by atoms with Gasteiger partial charge >= 0.3 is 0 Å². The van der Waals surface area contributed by atoms with Gasteiger partial charge in [-0.1, -0.05) is 42.1 Å². The molecule has 1 amide bonds. The van der Waals surface area contributed by atoms with Gasteiger partial charge in [-0.3, -0.25) is 14.2 Å². The second kappa shape index (κ2) is 11.0. The van der Waals surface area contributed by atoms with Crippen LogP contribution in [0.1, 0.15) is 16.8 Å². The van der Waals surface area contributed by atoms with E-state index in [4.69, 9.17) is 4.74 Å². The molecule has 8 heteroatoms. The maximum absolute atomic E-state index is 12.9. The molecule has 0 aliphatic rings. The van der Waals surface area contributed by atoms with E-state index in [1.165, 1.54) is 16.3 Å². The topological polar surface area (TPSA) is 76.5 Å². The molecule has 0 saturated carbocycles. The van der Waals surface area contributed by atoms with Gasteiger partial charge in [0.25, 0.3) is 5.56 Å². The van der Waals surface area contributed by atoms with E-state index in [0.717, 1.165) is 12.1 Å². The third kappa shape index (κ3) is 6.47. The molecule has 0 aliphatic carbocycles. The zero-order chi connectivity index (χ0) is 20.5. The number of hydrogen-bond acceptors (Lipinski definition) is 6. The van der Waals surface area contributed by atoms with Crippen LogP contribution in [-0.2, 0) is 29.6 Å².